The Bertz CT molecular complexity index is 274. The first-order chi connectivity index (χ1) is 8.38. The van der Waals surface area contributed by atoms with E-state index in [9.17, 15) is 18.0 Å². The van der Waals surface area contributed by atoms with Gasteiger partial charge in [0, 0.05) is 24.8 Å². The minimum absolute atomic E-state index is 0.0466. The Hall–Kier alpha value is -0.430. The van der Waals surface area contributed by atoms with Gasteiger partial charge < -0.3 is 11.1 Å². The van der Waals surface area contributed by atoms with Crippen LogP contribution < -0.4 is 11.1 Å². The monoisotopic (exact) mass is 284 g/mol. The van der Waals surface area contributed by atoms with Gasteiger partial charge in [0.05, 0.1) is 0 Å². The SMILES string of the molecule is NC1CCCCC1CC(=O)NCCSC(F)(F)F. The van der Waals surface area contributed by atoms with Crippen molar-refractivity contribution < 1.29 is 18.0 Å². The summed E-state index contributed by atoms with van der Waals surface area (Å²) in [6, 6.07) is 0.0500. The third-order valence-electron chi connectivity index (χ3n) is 3.11. The summed E-state index contributed by atoms with van der Waals surface area (Å²) < 4.78 is 35.5. The molecule has 0 spiro atoms. The molecule has 0 radical (unpaired) electrons. The highest BCUT2D eigenvalue weighted by atomic mass is 32.2. The Labute approximate surface area is 109 Å². The summed E-state index contributed by atoms with van der Waals surface area (Å²) in [4.78, 5) is 11.5. The number of rotatable bonds is 5. The van der Waals surface area contributed by atoms with Crippen LogP contribution in [-0.2, 0) is 4.79 Å². The van der Waals surface area contributed by atoms with Gasteiger partial charge in [-0.15, -0.1) is 0 Å². The summed E-state index contributed by atoms with van der Waals surface area (Å²) in [7, 11) is 0. The molecule has 0 aliphatic heterocycles. The van der Waals surface area contributed by atoms with Gasteiger partial charge in [-0.05, 0) is 30.5 Å². The van der Waals surface area contributed by atoms with Crippen LogP contribution in [0.25, 0.3) is 0 Å². The Morgan fingerprint density at radius 2 is 2.00 bits per heavy atom. The van der Waals surface area contributed by atoms with Crippen LogP contribution in [0.1, 0.15) is 32.1 Å². The van der Waals surface area contributed by atoms with Gasteiger partial charge in [0.15, 0.2) is 0 Å². The molecule has 0 heterocycles. The number of amides is 1. The van der Waals surface area contributed by atoms with E-state index in [2.05, 4.69) is 5.32 Å². The normalized spacial score (nSPS) is 24.9. The van der Waals surface area contributed by atoms with E-state index in [0.717, 1.165) is 25.7 Å². The lowest BCUT2D eigenvalue weighted by Gasteiger charge is -2.27. The lowest BCUT2D eigenvalue weighted by atomic mass is 9.83. The van der Waals surface area contributed by atoms with Crippen molar-refractivity contribution in [3.8, 4) is 0 Å². The maximum absolute atomic E-state index is 11.8. The molecule has 1 rings (SSSR count). The first kappa shape index (κ1) is 15.6. The second-order valence-electron chi connectivity index (χ2n) is 4.56. The smallest absolute Gasteiger partial charge is 0.355 e. The minimum Gasteiger partial charge on any atom is -0.355 e. The van der Waals surface area contributed by atoms with Gasteiger partial charge >= 0.3 is 5.51 Å². The van der Waals surface area contributed by atoms with Crippen molar-refractivity contribution in [3.05, 3.63) is 0 Å². The Balaban J connectivity index is 2.13. The molecule has 0 bridgehead atoms. The van der Waals surface area contributed by atoms with Crippen molar-refractivity contribution in [1.82, 2.24) is 5.32 Å². The zero-order valence-corrected chi connectivity index (χ0v) is 10.9. The van der Waals surface area contributed by atoms with Crippen LogP contribution >= 0.6 is 11.8 Å². The highest BCUT2D eigenvalue weighted by Crippen LogP contribution is 2.29. The fourth-order valence-corrected chi connectivity index (χ4v) is 2.59. The number of nitrogens with one attached hydrogen (secondary N) is 1. The largest absolute Gasteiger partial charge is 0.441 e. The van der Waals surface area contributed by atoms with E-state index in [0.29, 0.717) is 6.42 Å². The lowest BCUT2D eigenvalue weighted by molar-refractivity contribution is -0.122. The Kier molecular flexibility index (Phi) is 6.28. The molecule has 1 aliphatic carbocycles. The van der Waals surface area contributed by atoms with E-state index >= 15 is 0 Å². The van der Waals surface area contributed by atoms with Crippen LogP contribution in [0.4, 0.5) is 13.2 Å². The highest BCUT2D eigenvalue weighted by molar-refractivity contribution is 8.00. The van der Waals surface area contributed by atoms with Crippen LogP contribution in [-0.4, -0.2) is 29.8 Å². The second-order valence-corrected chi connectivity index (χ2v) is 5.72. The number of nitrogens with two attached hydrogens (primary N) is 1. The molecule has 2 unspecified atom stereocenters. The van der Waals surface area contributed by atoms with Crippen LogP contribution in [0.5, 0.6) is 0 Å². The Morgan fingerprint density at radius 3 is 2.61 bits per heavy atom. The van der Waals surface area contributed by atoms with Crippen molar-refractivity contribution in [1.29, 1.82) is 0 Å². The molecule has 18 heavy (non-hydrogen) atoms. The van der Waals surface area contributed by atoms with Crippen molar-refractivity contribution in [2.24, 2.45) is 11.7 Å². The number of thioether (sulfide) groups is 1. The molecule has 0 aromatic heterocycles. The van der Waals surface area contributed by atoms with Crippen molar-refractivity contribution in [2.45, 2.75) is 43.7 Å². The molecular formula is C11H19F3N2OS. The Morgan fingerprint density at radius 1 is 1.33 bits per heavy atom. The van der Waals surface area contributed by atoms with Gasteiger partial charge in [-0.1, -0.05) is 12.8 Å². The molecule has 0 saturated heterocycles. The third-order valence-corrected chi connectivity index (χ3v) is 3.84. The number of alkyl halides is 3. The number of hydrogen-bond donors (Lipinski definition) is 2. The van der Waals surface area contributed by atoms with E-state index in [1.165, 1.54) is 0 Å². The molecule has 106 valence electrons. The van der Waals surface area contributed by atoms with Gasteiger partial charge in [-0.3, -0.25) is 4.79 Å². The minimum atomic E-state index is -4.23. The molecule has 7 heteroatoms. The van der Waals surface area contributed by atoms with Crippen LogP contribution in [0.15, 0.2) is 0 Å². The first-order valence-corrected chi connectivity index (χ1v) is 7.10. The van der Waals surface area contributed by atoms with Crippen LogP contribution in [0.3, 0.4) is 0 Å². The zero-order chi connectivity index (χ0) is 13.6. The van der Waals surface area contributed by atoms with Gasteiger partial charge in [-0.25, -0.2) is 0 Å². The predicted molar refractivity (Wildman–Crippen MR) is 66.1 cm³/mol. The van der Waals surface area contributed by atoms with E-state index < -0.39 is 5.51 Å². The summed E-state index contributed by atoms with van der Waals surface area (Å²) >= 11 is -0.117. The molecule has 3 nitrogen and oxygen atoms in total. The number of halogens is 3. The van der Waals surface area contributed by atoms with Crippen LogP contribution in [0, 0.1) is 5.92 Å². The summed E-state index contributed by atoms with van der Waals surface area (Å²) in [6.45, 7) is 0.0466. The number of carbonyl (C=O) groups is 1. The maximum Gasteiger partial charge on any atom is 0.441 e. The van der Waals surface area contributed by atoms with E-state index in [4.69, 9.17) is 5.73 Å². The molecule has 0 aromatic rings. The van der Waals surface area contributed by atoms with Gasteiger partial charge in [-0.2, -0.15) is 13.2 Å². The summed E-state index contributed by atoms with van der Waals surface area (Å²) in [5.41, 5.74) is 1.68. The van der Waals surface area contributed by atoms with E-state index in [1.807, 2.05) is 0 Å². The van der Waals surface area contributed by atoms with Gasteiger partial charge in [0.1, 0.15) is 0 Å². The summed E-state index contributed by atoms with van der Waals surface area (Å²) in [5.74, 6) is -0.166. The maximum atomic E-state index is 11.8. The third kappa shape index (κ3) is 6.49. The number of hydrogen-bond acceptors (Lipinski definition) is 3. The van der Waals surface area contributed by atoms with Gasteiger partial charge in [0.25, 0.3) is 0 Å². The van der Waals surface area contributed by atoms with E-state index in [1.54, 1.807) is 0 Å². The van der Waals surface area contributed by atoms with Crippen molar-refractivity contribution in [3.63, 3.8) is 0 Å². The molecule has 2 atom stereocenters. The molecule has 1 fully saturated rings. The molecule has 1 amide bonds. The quantitative estimate of drug-likeness (QED) is 0.761. The zero-order valence-electron chi connectivity index (χ0n) is 10.1. The molecule has 1 aliphatic rings. The van der Waals surface area contributed by atoms with E-state index in [-0.39, 0.29) is 41.9 Å². The summed E-state index contributed by atoms with van der Waals surface area (Å²) in [6.07, 6.45) is 4.38. The standard InChI is InChI=1S/C11H19F3N2OS/c12-11(13,14)18-6-5-16-10(17)7-8-3-1-2-4-9(8)15/h8-9H,1-7,15H2,(H,16,17). The van der Waals surface area contributed by atoms with Gasteiger partial charge in [0.2, 0.25) is 5.91 Å². The van der Waals surface area contributed by atoms with Crippen molar-refractivity contribution >= 4 is 17.7 Å². The first-order valence-electron chi connectivity index (χ1n) is 6.11. The van der Waals surface area contributed by atoms with Crippen molar-refractivity contribution in [2.75, 3.05) is 12.3 Å². The number of carbonyl (C=O) groups excluding carboxylic acids is 1. The fourth-order valence-electron chi connectivity index (χ4n) is 2.16. The summed E-state index contributed by atoms with van der Waals surface area (Å²) in [5, 5.41) is 2.51. The molecule has 3 N–H and O–H groups in total. The lowest BCUT2D eigenvalue weighted by Crippen LogP contribution is -2.37. The molecule has 1 saturated carbocycles. The highest BCUT2D eigenvalue weighted by Gasteiger charge is 2.28. The molecular weight excluding hydrogens is 265 g/mol. The fraction of sp³-hybridized carbons (Fsp3) is 0.909. The topological polar surface area (TPSA) is 55.1 Å². The van der Waals surface area contributed by atoms with Crippen LogP contribution in [0.2, 0.25) is 0 Å². The predicted octanol–water partition coefficient (Wildman–Crippen LogP) is 2.26. The average molecular weight is 284 g/mol. The molecule has 0 aromatic carbocycles. The second kappa shape index (κ2) is 7.23. The average Bonchev–Trinajstić information content (AvgIpc) is 2.26.